The van der Waals surface area contributed by atoms with Crippen LogP contribution in [-0.2, 0) is 10.5 Å². The molecule has 27 heavy (non-hydrogen) atoms. The summed E-state index contributed by atoms with van der Waals surface area (Å²) < 4.78 is 6.55. The van der Waals surface area contributed by atoms with E-state index in [9.17, 15) is 4.79 Å². The van der Waals surface area contributed by atoms with E-state index in [0.717, 1.165) is 15.7 Å². The van der Waals surface area contributed by atoms with E-state index in [1.807, 2.05) is 50.2 Å². The van der Waals surface area contributed by atoms with Gasteiger partial charge in [-0.15, -0.1) is 10.2 Å². The van der Waals surface area contributed by atoms with Crippen molar-refractivity contribution in [2.24, 2.45) is 0 Å². The summed E-state index contributed by atoms with van der Waals surface area (Å²) in [7, 11) is 0. The molecule has 2 aromatic carbocycles. The second-order valence-corrected chi connectivity index (χ2v) is 8.34. The molecule has 0 aliphatic carbocycles. The number of benzene rings is 2. The van der Waals surface area contributed by atoms with E-state index in [2.05, 4.69) is 27.6 Å². The molecule has 0 saturated carbocycles. The van der Waals surface area contributed by atoms with E-state index in [1.165, 1.54) is 22.5 Å². The maximum absolute atomic E-state index is 12.4. The second kappa shape index (κ2) is 9.01. The highest BCUT2D eigenvalue weighted by molar-refractivity contribution is 8.00. The maximum Gasteiger partial charge on any atom is 0.266 e. The van der Waals surface area contributed by atoms with Crippen LogP contribution in [0.25, 0.3) is 0 Å². The molecule has 5 nitrogen and oxygen atoms in total. The molecule has 0 saturated heterocycles. The smallest absolute Gasteiger partial charge is 0.266 e. The molecule has 3 aromatic rings. The summed E-state index contributed by atoms with van der Waals surface area (Å²) in [5, 5.41) is 11.4. The van der Waals surface area contributed by atoms with Crippen molar-refractivity contribution in [3.8, 4) is 5.75 Å². The third-order valence-corrected chi connectivity index (χ3v) is 6.05. The van der Waals surface area contributed by atoms with Crippen LogP contribution in [0, 0.1) is 13.8 Å². The maximum atomic E-state index is 12.4. The van der Waals surface area contributed by atoms with Crippen molar-refractivity contribution in [3.63, 3.8) is 0 Å². The quantitative estimate of drug-likeness (QED) is 0.454. The van der Waals surface area contributed by atoms with Gasteiger partial charge in [0.25, 0.3) is 5.91 Å². The van der Waals surface area contributed by atoms with Crippen molar-refractivity contribution in [2.75, 3.05) is 5.32 Å². The van der Waals surface area contributed by atoms with Gasteiger partial charge in [0.05, 0.1) is 0 Å². The van der Waals surface area contributed by atoms with Gasteiger partial charge in [-0.25, -0.2) is 0 Å². The first-order valence-electron chi connectivity index (χ1n) is 8.56. The first kappa shape index (κ1) is 19.4. The van der Waals surface area contributed by atoms with Crippen LogP contribution in [0.2, 0.25) is 0 Å². The number of anilines is 1. The molecule has 0 aliphatic rings. The SMILES string of the molecule is Cc1ccc(O[C@H](C)C(=O)Nc2nnc(SCc3ccccc3)s2)cc1C. The highest BCUT2D eigenvalue weighted by Gasteiger charge is 2.17. The summed E-state index contributed by atoms with van der Waals surface area (Å²) in [4.78, 5) is 12.4. The third kappa shape index (κ3) is 5.55. The lowest BCUT2D eigenvalue weighted by atomic mass is 10.1. The Bertz CT molecular complexity index is 913. The van der Waals surface area contributed by atoms with Gasteiger partial charge in [0.1, 0.15) is 5.75 Å². The zero-order valence-electron chi connectivity index (χ0n) is 15.4. The van der Waals surface area contributed by atoms with E-state index >= 15 is 0 Å². The molecule has 0 unspecified atom stereocenters. The van der Waals surface area contributed by atoms with Crippen LogP contribution in [0.1, 0.15) is 23.6 Å². The van der Waals surface area contributed by atoms with Crippen molar-refractivity contribution in [3.05, 3.63) is 65.2 Å². The molecule has 3 rings (SSSR count). The molecule has 0 spiro atoms. The molecule has 7 heteroatoms. The number of nitrogens with zero attached hydrogens (tertiary/aromatic N) is 2. The highest BCUT2D eigenvalue weighted by atomic mass is 32.2. The Morgan fingerprint density at radius 3 is 2.67 bits per heavy atom. The Kier molecular flexibility index (Phi) is 6.47. The zero-order chi connectivity index (χ0) is 19.2. The third-order valence-electron chi connectivity index (χ3n) is 4.00. The molecule has 1 N–H and O–H groups in total. The van der Waals surface area contributed by atoms with E-state index in [1.54, 1.807) is 18.7 Å². The Morgan fingerprint density at radius 2 is 1.93 bits per heavy atom. The van der Waals surface area contributed by atoms with Gasteiger partial charge in [-0.3, -0.25) is 10.1 Å². The summed E-state index contributed by atoms with van der Waals surface area (Å²) in [5.74, 6) is 1.25. The zero-order valence-corrected chi connectivity index (χ0v) is 17.1. The minimum Gasteiger partial charge on any atom is -0.481 e. The second-order valence-electron chi connectivity index (χ2n) is 6.14. The first-order valence-corrected chi connectivity index (χ1v) is 10.4. The van der Waals surface area contributed by atoms with E-state index in [-0.39, 0.29) is 5.91 Å². The predicted octanol–water partition coefficient (Wildman–Crippen LogP) is 4.85. The van der Waals surface area contributed by atoms with E-state index in [4.69, 9.17) is 4.74 Å². The lowest BCUT2D eigenvalue weighted by molar-refractivity contribution is -0.122. The van der Waals surface area contributed by atoms with Crippen molar-refractivity contribution in [2.45, 2.75) is 37.0 Å². The molecule has 0 aliphatic heterocycles. The standard InChI is InChI=1S/C20H21N3O2S2/c1-13-9-10-17(11-14(13)2)25-15(3)18(24)21-19-22-23-20(27-19)26-12-16-7-5-4-6-8-16/h4-11,15H,12H2,1-3H3,(H,21,22,24)/t15-/m1/s1. The van der Waals surface area contributed by atoms with Crippen LogP contribution < -0.4 is 10.1 Å². The molecule has 1 heterocycles. The Hall–Kier alpha value is -2.38. The fraction of sp³-hybridized carbons (Fsp3) is 0.250. The number of ether oxygens (including phenoxy) is 1. The number of hydrogen-bond acceptors (Lipinski definition) is 6. The summed E-state index contributed by atoms with van der Waals surface area (Å²) in [5.41, 5.74) is 3.54. The monoisotopic (exact) mass is 399 g/mol. The number of aryl methyl sites for hydroxylation is 2. The fourth-order valence-corrected chi connectivity index (χ4v) is 4.00. The van der Waals surface area contributed by atoms with Gasteiger partial charge in [-0.05, 0) is 49.6 Å². The van der Waals surface area contributed by atoms with Crippen LogP contribution in [0.15, 0.2) is 52.9 Å². The van der Waals surface area contributed by atoms with Crippen molar-refractivity contribution in [1.82, 2.24) is 10.2 Å². The summed E-state index contributed by atoms with van der Waals surface area (Å²) in [6.07, 6.45) is -0.628. The number of thioether (sulfide) groups is 1. The van der Waals surface area contributed by atoms with Crippen LogP contribution in [0.5, 0.6) is 5.75 Å². The minimum absolute atomic E-state index is 0.246. The van der Waals surface area contributed by atoms with Gasteiger partial charge in [-0.2, -0.15) is 0 Å². The van der Waals surface area contributed by atoms with Crippen LogP contribution >= 0.6 is 23.1 Å². The molecule has 0 bridgehead atoms. The summed E-state index contributed by atoms with van der Waals surface area (Å²) in [6, 6.07) is 15.9. The summed E-state index contributed by atoms with van der Waals surface area (Å²) in [6.45, 7) is 5.78. The van der Waals surface area contributed by atoms with Crippen LogP contribution in [0.3, 0.4) is 0 Å². The molecular formula is C20H21N3O2S2. The number of hydrogen-bond donors (Lipinski definition) is 1. The topological polar surface area (TPSA) is 64.1 Å². The molecule has 1 aromatic heterocycles. The number of carbonyl (C=O) groups excluding carboxylic acids is 1. The van der Waals surface area contributed by atoms with Crippen molar-refractivity contribution < 1.29 is 9.53 Å². The normalized spacial score (nSPS) is 11.8. The van der Waals surface area contributed by atoms with Gasteiger partial charge in [0, 0.05) is 5.75 Å². The number of aromatic nitrogens is 2. The number of carbonyl (C=O) groups is 1. The average Bonchev–Trinajstić information content (AvgIpc) is 3.11. The van der Waals surface area contributed by atoms with Gasteiger partial charge in [0.15, 0.2) is 10.4 Å². The summed E-state index contributed by atoms with van der Waals surface area (Å²) >= 11 is 2.96. The molecule has 0 fully saturated rings. The Morgan fingerprint density at radius 1 is 1.15 bits per heavy atom. The molecule has 0 radical (unpaired) electrons. The predicted molar refractivity (Wildman–Crippen MR) is 111 cm³/mol. The number of rotatable bonds is 7. The van der Waals surface area contributed by atoms with Crippen molar-refractivity contribution >= 4 is 34.1 Å². The van der Waals surface area contributed by atoms with E-state index < -0.39 is 6.10 Å². The molecular weight excluding hydrogens is 378 g/mol. The lowest BCUT2D eigenvalue weighted by Gasteiger charge is -2.14. The fourth-order valence-electron chi connectivity index (χ4n) is 2.29. The molecule has 1 atom stereocenters. The minimum atomic E-state index is -0.628. The van der Waals surface area contributed by atoms with Gasteiger partial charge < -0.3 is 4.74 Å². The van der Waals surface area contributed by atoms with Gasteiger partial charge in [0.2, 0.25) is 5.13 Å². The van der Waals surface area contributed by atoms with Crippen LogP contribution in [-0.4, -0.2) is 22.2 Å². The largest absolute Gasteiger partial charge is 0.481 e. The Labute approximate surface area is 167 Å². The number of nitrogens with one attached hydrogen (secondary N) is 1. The van der Waals surface area contributed by atoms with Gasteiger partial charge in [-0.1, -0.05) is 59.5 Å². The lowest BCUT2D eigenvalue weighted by Crippen LogP contribution is -2.30. The average molecular weight is 400 g/mol. The Balaban J connectivity index is 1.52. The first-order chi connectivity index (χ1) is 13.0. The van der Waals surface area contributed by atoms with Crippen molar-refractivity contribution in [1.29, 1.82) is 0 Å². The molecule has 1 amide bonds. The highest BCUT2D eigenvalue weighted by Crippen LogP contribution is 2.28. The molecule has 140 valence electrons. The van der Waals surface area contributed by atoms with Gasteiger partial charge >= 0.3 is 0 Å². The van der Waals surface area contributed by atoms with Crippen LogP contribution in [0.4, 0.5) is 5.13 Å². The van der Waals surface area contributed by atoms with E-state index in [0.29, 0.717) is 10.9 Å². The number of amides is 1.